The summed E-state index contributed by atoms with van der Waals surface area (Å²) in [5.74, 6) is -0.168. The van der Waals surface area contributed by atoms with Gasteiger partial charge in [0.05, 0.1) is 28.6 Å². The van der Waals surface area contributed by atoms with Crippen molar-refractivity contribution in [2.45, 2.75) is 18.9 Å². The van der Waals surface area contributed by atoms with Crippen LogP contribution in [0, 0.1) is 0 Å². The Morgan fingerprint density at radius 2 is 1.91 bits per heavy atom. The van der Waals surface area contributed by atoms with E-state index in [-0.39, 0.29) is 17.9 Å². The van der Waals surface area contributed by atoms with Crippen molar-refractivity contribution < 1.29 is 14.0 Å². The summed E-state index contributed by atoms with van der Waals surface area (Å²) in [6.07, 6.45) is 7.82. The molecule has 7 nitrogen and oxygen atoms in total. The number of benzene rings is 1. The monoisotopic (exact) mass is 426 g/mol. The van der Waals surface area contributed by atoms with Crippen LogP contribution in [0.4, 0.5) is 0 Å². The fourth-order valence-corrected chi connectivity index (χ4v) is 4.08. The molecule has 0 radical (unpaired) electrons. The van der Waals surface area contributed by atoms with E-state index in [4.69, 9.17) is 9.40 Å². The molecular weight excluding hydrogens is 404 g/mol. The van der Waals surface area contributed by atoms with Crippen molar-refractivity contribution in [3.05, 3.63) is 84.6 Å². The second-order valence-corrected chi connectivity index (χ2v) is 7.87. The Labute approximate surface area is 185 Å². The molecule has 0 aliphatic carbocycles. The van der Waals surface area contributed by atoms with E-state index in [1.54, 1.807) is 23.4 Å². The molecule has 1 aromatic carbocycles. The minimum Gasteiger partial charge on any atom is -0.472 e. The summed E-state index contributed by atoms with van der Waals surface area (Å²) in [7, 11) is 0. The molecule has 2 amide bonds. The van der Waals surface area contributed by atoms with Gasteiger partial charge in [0.25, 0.3) is 11.8 Å². The summed E-state index contributed by atoms with van der Waals surface area (Å²) in [5.41, 5.74) is 3.48. The maximum absolute atomic E-state index is 13.3. The van der Waals surface area contributed by atoms with E-state index in [1.807, 2.05) is 42.5 Å². The first-order chi connectivity index (χ1) is 15.7. The van der Waals surface area contributed by atoms with Gasteiger partial charge in [0.1, 0.15) is 6.26 Å². The SMILES string of the molecule is O=C(NC1CCN(C(=O)c2ccoc2)CC1)c1cc(-c2cccnc2)nc2ccccc12. The number of carbonyl (C=O) groups is 2. The predicted molar refractivity (Wildman–Crippen MR) is 120 cm³/mol. The largest absolute Gasteiger partial charge is 0.472 e. The second-order valence-electron chi connectivity index (χ2n) is 7.87. The third-order valence-electron chi connectivity index (χ3n) is 5.80. The highest BCUT2D eigenvalue weighted by Crippen LogP contribution is 2.25. The molecule has 0 saturated carbocycles. The molecule has 1 aliphatic heterocycles. The van der Waals surface area contributed by atoms with Crippen LogP contribution in [0.25, 0.3) is 22.2 Å². The quantitative estimate of drug-likeness (QED) is 0.534. The average molecular weight is 426 g/mol. The van der Waals surface area contributed by atoms with E-state index in [9.17, 15) is 9.59 Å². The number of hydrogen-bond acceptors (Lipinski definition) is 5. The molecule has 1 saturated heterocycles. The summed E-state index contributed by atoms with van der Waals surface area (Å²) < 4.78 is 5.01. The Morgan fingerprint density at radius 1 is 1.06 bits per heavy atom. The normalized spacial score (nSPS) is 14.4. The maximum atomic E-state index is 13.3. The third-order valence-corrected chi connectivity index (χ3v) is 5.80. The number of hydrogen-bond donors (Lipinski definition) is 1. The summed E-state index contributed by atoms with van der Waals surface area (Å²) in [5, 5.41) is 3.97. The van der Waals surface area contributed by atoms with Crippen LogP contribution < -0.4 is 5.32 Å². The Hall–Kier alpha value is -4.00. The van der Waals surface area contributed by atoms with E-state index in [0.717, 1.165) is 16.5 Å². The first kappa shape index (κ1) is 19.9. The topological polar surface area (TPSA) is 88.3 Å². The van der Waals surface area contributed by atoms with Gasteiger partial charge in [0, 0.05) is 42.5 Å². The lowest BCUT2D eigenvalue weighted by Gasteiger charge is -2.32. The molecule has 0 spiro atoms. The first-order valence-corrected chi connectivity index (χ1v) is 10.6. The zero-order valence-electron chi connectivity index (χ0n) is 17.4. The highest BCUT2D eigenvalue weighted by atomic mass is 16.3. The zero-order chi connectivity index (χ0) is 21.9. The Morgan fingerprint density at radius 3 is 2.66 bits per heavy atom. The van der Waals surface area contributed by atoms with Crippen LogP contribution in [-0.4, -0.2) is 45.8 Å². The number of fused-ring (bicyclic) bond motifs is 1. The number of nitrogens with one attached hydrogen (secondary N) is 1. The van der Waals surface area contributed by atoms with Gasteiger partial charge in [-0.05, 0) is 43.2 Å². The summed E-state index contributed by atoms with van der Waals surface area (Å²) in [6.45, 7) is 1.18. The van der Waals surface area contributed by atoms with Crippen molar-refractivity contribution >= 4 is 22.7 Å². The van der Waals surface area contributed by atoms with Crippen LogP contribution in [0.1, 0.15) is 33.6 Å². The number of para-hydroxylation sites is 1. The lowest BCUT2D eigenvalue weighted by Crippen LogP contribution is -2.46. The van der Waals surface area contributed by atoms with Gasteiger partial charge in [0.15, 0.2) is 0 Å². The highest BCUT2D eigenvalue weighted by Gasteiger charge is 2.26. The molecule has 1 fully saturated rings. The molecule has 4 aromatic rings. The van der Waals surface area contributed by atoms with Gasteiger partial charge >= 0.3 is 0 Å². The Bertz CT molecular complexity index is 1250. The van der Waals surface area contributed by atoms with Crippen LogP contribution >= 0.6 is 0 Å². The fraction of sp³-hybridized carbons (Fsp3) is 0.200. The first-order valence-electron chi connectivity index (χ1n) is 10.6. The summed E-state index contributed by atoms with van der Waals surface area (Å²) in [6, 6.07) is 14.9. The molecule has 160 valence electrons. The number of likely N-dealkylation sites (tertiary alicyclic amines) is 1. The van der Waals surface area contributed by atoms with Gasteiger partial charge in [-0.25, -0.2) is 4.98 Å². The summed E-state index contributed by atoms with van der Waals surface area (Å²) >= 11 is 0. The van der Waals surface area contributed by atoms with Crippen molar-refractivity contribution in [1.82, 2.24) is 20.2 Å². The van der Waals surface area contributed by atoms with E-state index in [1.165, 1.54) is 12.5 Å². The number of piperidine rings is 1. The fourth-order valence-electron chi connectivity index (χ4n) is 4.08. The minimum absolute atomic E-state index is 0.00432. The van der Waals surface area contributed by atoms with Crippen molar-refractivity contribution in [2.75, 3.05) is 13.1 Å². The lowest BCUT2D eigenvalue weighted by molar-refractivity contribution is 0.0697. The van der Waals surface area contributed by atoms with Gasteiger partial charge < -0.3 is 14.6 Å². The standard InChI is InChI=1S/C25H22N4O3/c30-24(27-19-7-11-29(12-8-19)25(31)18-9-13-32-16-18)21-14-23(17-4-3-10-26-15-17)28-22-6-2-1-5-20(21)22/h1-6,9-10,13-16,19H,7-8,11-12H2,(H,27,30). The van der Waals surface area contributed by atoms with Crippen LogP contribution in [0.15, 0.2) is 77.9 Å². The smallest absolute Gasteiger partial charge is 0.257 e. The molecule has 0 bridgehead atoms. The molecule has 1 N–H and O–H groups in total. The molecule has 0 unspecified atom stereocenters. The zero-order valence-corrected chi connectivity index (χ0v) is 17.4. The molecule has 7 heteroatoms. The van der Waals surface area contributed by atoms with Gasteiger partial charge in [-0.2, -0.15) is 0 Å². The molecule has 3 aromatic heterocycles. The maximum Gasteiger partial charge on any atom is 0.257 e. The van der Waals surface area contributed by atoms with E-state index in [2.05, 4.69) is 10.3 Å². The van der Waals surface area contributed by atoms with Gasteiger partial charge in [-0.3, -0.25) is 14.6 Å². The van der Waals surface area contributed by atoms with E-state index < -0.39 is 0 Å². The van der Waals surface area contributed by atoms with Crippen LogP contribution in [0.2, 0.25) is 0 Å². The van der Waals surface area contributed by atoms with Crippen molar-refractivity contribution in [3.8, 4) is 11.3 Å². The number of pyridine rings is 2. The number of carbonyl (C=O) groups excluding carboxylic acids is 2. The number of nitrogens with zero attached hydrogens (tertiary/aromatic N) is 3. The molecule has 1 aliphatic rings. The minimum atomic E-state index is -0.131. The highest BCUT2D eigenvalue weighted by molar-refractivity contribution is 6.07. The molecular formula is C25H22N4O3. The Balaban J connectivity index is 1.34. The number of furan rings is 1. The molecule has 4 heterocycles. The van der Waals surface area contributed by atoms with Gasteiger partial charge in [-0.15, -0.1) is 0 Å². The Kier molecular flexibility index (Phi) is 5.37. The predicted octanol–water partition coefficient (Wildman–Crippen LogP) is 3.92. The average Bonchev–Trinajstić information content (AvgIpc) is 3.39. The van der Waals surface area contributed by atoms with Crippen molar-refractivity contribution in [3.63, 3.8) is 0 Å². The van der Waals surface area contributed by atoms with Crippen molar-refractivity contribution in [2.24, 2.45) is 0 Å². The van der Waals surface area contributed by atoms with E-state index in [0.29, 0.717) is 42.8 Å². The lowest BCUT2D eigenvalue weighted by atomic mass is 10.0. The summed E-state index contributed by atoms with van der Waals surface area (Å²) in [4.78, 5) is 36.5. The number of rotatable bonds is 4. The second kappa shape index (κ2) is 8.63. The molecule has 0 atom stereocenters. The van der Waals surface area contributed by atoms with E-state index >= 15 is 0 Å². The molecule has 32 heavy (non-hydrogen) atoms. The van der Waals surface area contributed by atoms with Crippen molar-refractivity contribution in [1.29, 1.82) is 0 Å². The molecule has 5 rings (SSSR count). The number of amides is 2. The van der Waals surface area contributed by atoms with Gasteiger partial charge in [0.2, 0.25) is 0 Å². The van der Waals surface area contributed by atoms with Crippen LogP contribution in [-0.2, 0) is 0 Å². The van der Waals surface area contributed by atoms with Gasteiger partial charge in [-0.1, -0.05) is 18.2 Å². The number of aromatic nitrogens is 2. The van der Waals surface area contributed by atoms with Crippen LogP contribution in [0.5, 0.6) is 0 Å². The third kappa shape index (κ3) is 3.97. The van der Waals surface area contributed by atoms with Crippen LogP contribution in [0.3, 0.4) is 0 Å².